The molecule has 3 rings (SSSR count). The molecule has 2 heterocycles. The highest BCUT2D eigenvalue weighted by atomic mass is 32.2. The van der Waals surface area contributed by atoms with Crippen molar-refractivity contribution in [2.75, 3.05) is 7.11 Å². The smallest absolute Gasteiger partial charge is 0.208 e. The Kier molecular flexibility index (Phi) is 4.30. The normalized spacial score (nSPS) is 11.4. The lowest BCUT2D eigenvalue weighted by Crippen LogP contribution is -2.06. The average molecular weight is 347 g/mol. The zero-order chi connectivity index (χ0) is 17.2. The first-order valence-corrected chi connectivity index (χ1v) is 8.49. The molecule has 6 nitrogen and oxygen atoms in total. The molecule has 0 N–H and O–H groups in total. The van der Waals surface area contributed by atoms with Gasteiger partial charge >= 0.3 is 0 Å². The van der Waals surface area contributed by atoms with Crippen molar-refractivity contribution in [3.8, 4) is 5.75 Å². The van der Waals surface area contributed by atoms with Crippen LogP contribution in [0, 0.1) is 5.82 Å². The van der Waals surface area contributed by atoms with E-state index >= 15 is 0 Å². The monoisotopic (exact) mass is 347 g/mol. The second-order valence-corrected chi connectivity index (χ2v) is 6.97. The molecular formula is C16H14FN3O3S. The maximum absolute atomic E-state index is 13.6. The molecule has 1 aromatic carbocycles. The number of halogens is 1. The Morgan fingerprint density at radius 2 is 2.04 bits per heavy atom. The summed E-state index contributed by atoms with van der Waals surface area (Å²) in [7, 11) is -2.53. The van der Waals surface area contributed by atoms with Gasteiger partial charge < -0.3 is 4.74 Å². The van der Waals surface area contributed by atoms with E-state index in [1.807, 2.05) is 0 Å². The second-order valence-electron chi connectivity index (χ2n) is 5.02. The third kappa shape index (κ3) is 3.28. The lowest BCUT2D eigenvalue weighted by molar-refractivity contribution is 0.409. The molecule has 2 aromatic heterocycles. The number of methoxy groups -OCH3 is 1. The van der Waals surface area contributed by atoms with Gasteiger partial charge in [-0.1, -0.05) is 0 Å². The summed E-state index contributed by atoms with van der Waals surface area (Å²) in [5.74, 6) is -0.548. The first-order chi connectivity index (χ1) is 11.5. The van der Waals surface area contributed by atoms with E-state index in [2.05, 4.69) is 10.1 Å². The summed E-state index contributed by atoms with van der Waals surface area (Å²) < 4.78 is 45.4. The van der Waals surface area contributed by atoms with Crippen LogP contribution in [-0.2, 0) is 16.4 Å². The summed E-state index contributed by atoms with van der Waals surface area (Å²) in [5, 5.41) is 4.06. The molecule has 0 aliphatic carbocycles. The van der Waals surface area contributed by atoms with Crippen LogP contribution >= 0.6 is 0 Å². The van der Waals surface area contributed by atoms with Crippen LogP contribution in [0.2, 0.25) is 0 Å². The average Bonchev–Trinajstić information content (AvgIpc) is 3.07. The number of ether oxygens (including phenoxy) is 1. The molecule has 0 radical (unpaired) electrons. The summed E-state index contributed by atoms with van der Waals surface area (Å²) in [4.78, 5) is 3.95. The van der Waals surface area contributed by atoms with E-state index in [0.29, 0.717) is 12.2 Å². The van der Waals surface area contributed by atoms with Gasteiger partial charge in [-0.3, -0.25) is 9.67 Å². The summed E-state index contributed by atoms with van der Waals surface area (Å²) >= 11 is 0. The molecule has 24 heavy (non-hydrogen) atoms. The van der Waals surface area contributed by atoms with Crippen molar-refractivity contribution in [3.63, 3.8) is 0 Å². The van der Waals surface area contributed by atoms with Crippen LogP contribution in [0.25, 0.3) is 0 Å². The van der Waals surface area contributed by atoms with Crippen LogP contribution in [0.3, 0.4) is 0 Å². The number of hydrogen-bond acceptors (Lipinski definition) is 5. The molecule has 124 valence electrons. The van der Waals surface area contributed by atoms with Crippen molar-refractivity contribution >= 4 is 9.84 Å². The van der Waals surface area contributed by atoms with Crippen molar-refractivity contribution in [3.05, 3.63) is 66.5 Å². The van der Waals surface area contributed by atoms with Gasteiger partial charge in [0.25, 0.3) is 0 Å². The summed E-state index contributed by atoms with van der Waals surface area (Å²) in [6.45, 7) is 0.432. The van der Waals surface area contributed by atoms with Gasteiger partial charge in [-0.05, 0) is 30.3 Å². The lowest BCUT2D eigenvalue weighted by atomic mass is 10.3. The first kappa shape index (κ1) is 16.1. The molecule has 0 bridgehead atoms. The largest absolute Gasteiger partial charge is 0.497 e. The molecule has 0 spiro atoms. The second kappa shape index (κ2) is 6.40. The Labute approximate surface area is 138 Å². The maximum atomic E-state index is 13.6. The highest BCUT2D eigenvalue weighted by molar-refractivity contribution is 7.91. The van der Waals surface area contributed by atoms with Gasteiger partial charge in [0.05, 0.1) is 29.1 Å². The molecule has 0 aliphatic heterocycles. The van der Waals surface area contributed by atoms with Gasteiger partial charge in [-0.25, -0.2) is 12.8 Å². The number of nitrogens with zero attached hydrogens (tertiary/aromatic N) is 3. The van der Waals surface area contributed by atoms with E-state index in [0.717, 1.165) is 12.1 Å². The zero-order valence-corrected chi connectivity index (χ0v) is 13.6. The summed E-state index contributed by atoms with van der Waals surface area (Å²) in [6.07, 6.45) is 4.69. The van der Waals surface area contributed by atoms with Gasteiger partial charge in [0.15, 0.2) is 0 Å². The van der Waals surface area contributed by atoms with E-state index in [1.165, 1.54) is 25.4 Å². The van der Waals surface area contributed by atoms with E-state index < -0.39 is 15.7 Å². The highest BCUT2D eigenvalue weighted by Gasteiger charge is 2.20. The van der Waals surface area contributed by atoms with Crippen LogP contribution in [-0.4, -0.2) is 30.3 Å². The van der Waals surface area contributed by atoms with Crippen LogP contribution < -0.4 is 4.74 Å². The molecule has 0 fully saturated rings. The summed E-state index contributed by atoms with van der Waals surface area (Å²) in [6, 6.07) is 8.18. The standard InChI is InChI=1S/C16H14FN3O3S/c1-23-14-7-12(17)8-16(9-14)24(21,22)15-4-3-13(18-10-15)11-20-6-2-5-19-20/h2-10H,11H2,1H3. The zero-order valence-electron chi connectivity index (χ0n) is 12.8. The predicted octanol–water partition coefficient (Wildman–Crippen LogP) is 2.31. The fraction of sp³-hybridized carbons (Fsp3) is 0.125. The minimum absolute atomic E-state index is 0.0145. The predicted molar refractivity (Wildman–Crippen MR) is 84.0 cm³/mol. The van der Waals surface area contributed by atoms with E-state index in [9.17, 15) is 12.8 Å². The number of aromatic nitrogens is 3. The van der Waals surface area contributed by atoms with Gasteiger partial charge in [-0.2, -0.15) is 5.10 Å². The molecular weight excluding hydrogens is 333 g/mol. The Bertz CT molecular complexity index is 939. The van der Waals surface area contributed by atoms with Crippen LogP contribution in [0.1, 0.15) is 5.69 Å². The highest BCUT2D eigenvalue weighted by Crippen LogP contribution is 2.25. The molecule has 0 saturated heterocycles. The van der Waals surface area contributed by atoms with Gasteiger partial charge in [-0.15, -0.1) is 0 Å². The first-order valence-electron chi connectivity index (χ1n) is 7.01. The van der Waals surface area contributed by atoms with Crippen molar-refractivity contribution in [1.29, 1.82) is 0 Å². The van der Waals surface area contributed by atoms with Gasteiger partial charge in [0.2, 0.25) is 9.84 Å². The quantitative estimate of drug-likeness (QED) is 0.708. The number of hydrogen-bond donors (Lipinski definition) is 0. The molecule has 0 saturated carbocycles. The van der Waals surface area contributed by atoms with E-state index in [-0.39, 0.29) is 15.5 Å². The third-order valence-corrected chi connectivity index (χ3v) is 5.10. The van der Waals surface area contributed by atoms with Crippen molar-refractivity contribution in [2.45, 2.75) is 16.3 Å². The van der Waals surface area contributed by atoms with E-state index in [1.54, 1.807) is 29.2 Å². The number of rotatable bonds is 5. The summed E-state index contributed by atoms with van der Waals surface area (Å²) in [5.41, 5.74) is 0.662. The number of pyridine rings is 1. The topological polar surface area (TPSA) is 74.1 Å². The number of sulfone groups is 1. The Hall–Kier alpha value is -2.74. The number of benzene rings is 1. The van der Waals surface area contributed by atoms with Crippen molar-refractivity contribution in [2.24, 2.45) is 0 Å². The van der Waals surface area contributed by atoms with Crippen LogP contribution in [0.5, 0.6) is 5.75 Å². The van der Waals surface area contributed by atoms with Crippen molar-refractivity contribution in [1.82, 2.24) is 14.8 Å². The molecule has 0 unspecified atom stereocenters. The SMILES string of the molecule is COc1cc(F)cc(S(=O)(=O)c2ccc(Cn3cccn3)nc2)c1. The van der Waals surface area contributed by atoms with Gasteiger partial charge in [0.1, 0.15) is 11.6 Å². The molecule has 0 aliphatic rings. The third-order valence-electron chi connectivity index (χ3n) is 3.38. The maximum Gasteiger partial charge on any atom is 0.208 e. The molecule has 8 heteroatoms. The van der Waals surface area contributed by atoms with E-state index in [4.69, 9.17) is 4.74 Å². The van der Waals surface area contributed by atoms with Crippen LogP contribution in [0.4, 0.5) is 4.39 Å². The molecule has 0 atom stereocenters. The minimum Gasteiger partial charge on any atom is -0.497 e. The molecule has 0 amide bonds. The minimum atomic E-state index is -3.88. The van der Waals surface area contributed by atoms with Gasteiger partial charge in [0, 0.05) is 24.7 Å². The van der Waals surface area contributed by atoms with Crippen molar-refractivity contribution < 1.29 is 17.5 Å². The Balaban J connectivity index is 1.91. The fourth-order valence-electron chi connectivity index (χ4n) is 2.17. The lowest BCUT2D eigenvalue weighted by Gasteiger charge is -2.08. The Morgan fingerprint density at radius 1 is 1.21 bits per heavy atom. The molecule has 3 aromatic rings. The fourth-order valence-corrected chi connectivity index (χ4v) is 3.42. The van der Waals surface area contributed by atoms with Crippen LogP contribution in [0.15, 0.2) is 64.8 Å². The Morgan fingerprint density at radius 3 is 2.67 bits per heavy atom.